The van der Waals surface area contributed by atoms with Crippen LogP contribution >= 0.6 is 27.5 Å². The van der Waals surface area contributed by atoms with Crippen LogP contribution in [0, 0.1) is 5.92 Å². The highest BCUT2D eigenvalue weighted by atomic mass is 79.9. The van der Waals surface area contributed by atoms with Gasteiger partial charge in [-0.1, -0.05) is 11.6 Å². The summed E-state index contributed by atoms with van der Waals surface area (Å²) in [6, 6.07) is 5.71. The lowest BCUT2D eigenvalue weighted by Gasteiger charge is -2.31. The molecule has 0 spiro atoms. The van der Waals surface area contributed by atoms with Crippen LogP contribution in [0.3, 0.4) is 0 Å². The highest BCUT2D eigenvalue weighted by Gasteiger charge is 2.25. The maximum Gasteiger partial charge on any atom is 0.211 e. The van der Waals surface area contributed by atoms with Crippen molar-refractivity contribution in [2.75, 3.05) is 31.2 Å². The molecule has 1 aliphatic rings. The van der Waals surface area contributed by atoms with Gasteiger partial charge in [-0.3, -0.25) is 0 Å². The molecule has 0 bridgehead atoms. The Bertz CT molecular complexity index is 580. The highest BCUT2D eigenvalue weighted by Crippen LogP contribution is 2.26. The number of halogens is 2. The standard InChI is InChI=1S/C13H18BrClN2O2S/c1-20(18,19)17-6-2-3-10(9-17)8-16-11-4-5-12(14)13(15)7-11/h4-5,7,10,16H,2-3,6,8-9H2,1H3. The number of hydrogen-bond donors (Lipinski definition) is 1. The second-order valence-electron chi connectivity index (χ2n) is 5.14. The lowest BCUT2D eigenvalue weighted by Crippen LogP contribution is -2.41. The Kier molecular flexibility index (Phi) is 5.34. The Morgan fingerprint density at radius 1 is 1.50 bits per heavy atom. The van der Waals surface area contributed by atoms with E-state index in [4.69, 9.17) is 11.6 Å². The Labute approximate surface area is 133 Å². The van der Waals surface area contributed by atoms with E-state index in [-0.39, 0.29) is 0 Å². The van der Waals surface area contributed by atoms with E-state index in [1.165, 1.54) is 6.26 Å². The maximum atomic E-state index is 11.6. The number of hydrogen-bond acceptors (Lipinski definition) is 3. The highest BCUT2D eigenvalue weighted by molar-refractivity contribution is 9.10. The summed E-state index contributed by atoms with van der Waals surface area (Å²) in [5.41, 5.74) is 0.953. The van der Waals surface area contributed by atoms with Crippen LogP contribution in [0.15, 0.2) is 22.7 Å². The van der Waals surface area contributed by atoms with Gasteiger partial charge >= 0.3 is 0 Å². The van der Waals surface area contributed by atoms with Crippen LogP contribution in [0.25, 0.3) is 0 Å². The third-order valence-electron chi connectivity index (χ3n) is 3.47. The van der Waals surface area contributed by atoms with Crippen molar-refractivity contribution in [3.05, 3.63) is 27.7 Å². The summed E-state index contributed by atoms with van der Waals surface area (Å²) in [7, 11) is -3.08. The van der Waals surface area contributed by atoms with Gasteiger partial charge in [-0.25, -0.2) is 12.7 Å². The van der Waals surface area contributed by atoms with E-state index in [1.807, 2.05) is 18.2 Å². The largest absolute Gasteiger partial charge is 0.385 e. The summed E-state index contributed by atoms with van der Waals surface area (Å²) in [6.07, 6.45) is 3.24. The van der Waals surface area contributed by atoms with E-state index < -0.39 is 10.0 Å². The lowest BCUT2D eigenvalue weighted by atomic mass is 9.99. The molecule has 1 aromatic carbocycles. The zero-order valence-corrected chi connectivity index (χ0v) is 14.4. The Hall–Kier alpha value is -0.300. The third kappa shape index (κ3) is 4.35. The third-order valence-corrected chi connectivity index (χ3v) is 5.97. The molecule has 0 saturated carbocycles. The molecule has 7 heteroatoms. The van der Waals surface area contributed by atoms with Gasteiger partial charge in [-0.05, 0) is 52.9 Å². The van der Waals surface area contributed by atoms with Crippen molar-refractivity contribution in [3.8, 4) is 0 Å². The molecule has 1 heterocycles. The summed E-state index contributed by atoms with van der Waals surface area (Å²) in [5.74, 6) is 0.334. The van der Waals surface area contributed by atoms with Crippen LogP contribution in [-0.4, -0.2) is 38.6 Å². The van der Waals surface area contributed by atoms with E-state index in [0.29, 0.717) is 24.0 Å². The number of nitrogens with one attached hydrogen (secondary N) is 1. The summed E-state index contributed by atoms with van der Waals surface area (Å²) in [5, 5.41) is 3.99. The molecule has 1 fully saturated rings. The molecule has 0 radical (unpaired) electrons. The van der Waals surface area contributed by atoms with Crippen LogP contribution in [0.1, 0.15) is 12.8 Å². The number of piperidine rings is 1. The van der Waals surface area contributed by atoms with E-state index in [1.54, 1.807) is 4.31 Å². The first-order valence-corrected chi connectivity index (χ1v) is 9.52. The number of rotatable bonds is 4. The molecule has 1 unspecified atom stereocenters. The smallest absolute Gasteiger partial charge is 0.211 e. The molecule has 1 N–H and O–H groups in total. The van der Waals surface area contributed by atoms with E-state index >= 15 is 0 Å². The average molecular weight is 382 g/mol. The molecule has 2 rings (SSSR count). The lowest BCUT2D eigenvalue weighted by molar-refractivity contribution is 0.277. The van der Waals surface area contributed by atoms with Crippen LogP contribution in [0.2, 0.25) is 5.02 Å². The first-order chi connectivity index (χ1) is 9.36. The molecule has 112 valence electrons. The van der Waals surface area contributed by atoms with E-state index in [9.17, 15) is 8.42 Å². The molecular weight excluding hydrogens is 364 g/mol. The normalized spacial score (nSPS) is 20.9. The second kappa shape index (κ2) is 6.64. The molecule has 4 nitrogen and oxygen atoms in total. The summed E-state index contributed by atoms with van der Waals surface area (Å²) >= 11 is 9.40. The van der Waals surface area contributed by atoms with Crippen molar-refractivity contribution in [2.24, 2.45) is 5.92 Å². The van der Waals surface area contributed by atoms with Crippen molar-refractivity contribution < 1.29 is 8.42 Å². The van der Waals surface area contributed by atoms with Gasteiger partial charge < -0.3 is 5.32 Å². The van der Waals surface area contributed by atoms with Crippen LogP contribution < -0.4 is 5.32 Å². The second-order valence-corrected chi connectivity index (χ2v) is 8.38. The average Bonchev–Trinajstić information content (AvgIpc) is 2.39. The topological polar surface area (TPSA) is 49.4 Å². The van der Waals surface area contributed by atoms with Crippen LogP contribution in [-0.2, 0) is 10.0 Å². The fourth-order valence-corrected chi connectivity index (χ4v) is 3.73. The molecule has 1 aliphatic heterocycles. The first kappa shape index (κ1) is 16.1. The fraction of sp³-hybridized carbons (Fsp3) is 0.538. The Balaban J connectivity index is 1.92. The van der Waals surface area contributed by atoms with E-state index in [0.717, 1.165) is 29.5 Å². The molecule has 0 aromatic heterocycles. The van der Waals surface area contributed by atoms with Crippen LogP contribution in [0.4, 0.5) is 5.69 Å². The van der Waals surface area contributed by atoms with Gasteiger partial charge in [0.15, 0.2) is 0 Å². The number of sulfonamides is 1. The first-order valence-electron chi connectivity index (χ1n) is 6.50. The van der Waals surface area contributed by atoms with Gasteiger partial charge in [0.25, 0.3) is 0 Å². The Morgan fingerprint density at radius 3 is 2.90 bits per heavy atom. The molecule has 0 amide bonds. The van der Waals surface area contributed by atoms with Crippen molar-refractivity contribution in [1.82, 2.24) is 4.31 Å². The SMILES string of the molecule is CS(=O)(=O)N1CCCC(CNc2ccc(Br)c(Cl)c2)C1. The van der Waals surface area contributed by atoms with Gasteiger partial charge in [0.05, 0.1) is 11.3 Å². The van der Waals surface area contributed by atoms with Gasteiger partial charge in [0, 0.05) is 29.8 Å². The fourth-order valence-electron chi connectivity index (χ4n) is 2.36. The molecular formula is C13H18BrClN2O2S. The predicted octanol–water partition coefficient (Wildman–Crippen LogP) is 3.19. The number of anilines is 1. The van der Waals surface area contributed by atoms with Crippen LogP contribution in [0.5, 0.6) is 0 Å². The van der Waals surface area contributed by atoms with E-state index in [2.05, 4.69) is 21.2 Å². The quantitative estimate of drug-likeness (QED) is 0.871. The van der Waals surface area contributed by atoms with Gasteiger partial charge in [0.1, 0.15) is 0 Å². The maximum absolute atomic E-state index is 11.6. The number of nitrogens with zero attached hydrogens (tertiary/aromatic N) is 1. The molecule has 1 saturated heterocycles. The summed E-state index contributed by atoms with van der Waals surface area (Å²) in [4.78, 5) is 0. The minimum absolute atomic E-state index is 0.334. The monoisotopic (exact) mass is 380 g/mol. The summed E-state index contributed by atoms with van der Waals surface area (Å²) in [6.45, 7) is 1.99. The van der Waals surface area contributed by atoms with Gasteiger partial charge in [0.2, 0.25) is 10.0 Å². The van der Waals surface area contributed by atoms with Crippen molar-refractivity contribution in [3.63, 3.8) is 0 Å². The zero-order valence-electron chi connectivity index (χ0n) is 11.3. The zero-order chi connectivity index (χ0) is 14.8. The molecule has 1 aromatic rings. The predicted molar refractivity (Wildman–Crippen MR) is 86.8 cm³/mol. The molecule has 0 aliphatic carbocycles. The van der Waals surface area contributed by atoms with Gasteiger partial charge in [-0.15, -0.1) is 0 Å². The van der Waals surface area contributed by atoms with Crippen molar-refractivity contribution >= 4 is 43.2 Å². The van der Waals surface area contributed by atoms with Crippen molar-refractivity contribution in [1.29, 1.82) is 0 Å². The minimum atomic E-state index is -3.08. The minimum Gasteiger partial charge on any atom is -0.385 e. The Morgan fingerprint density at radius 2 is 2.25 bits per heavy atom. The molecule has 20 heavy (non-hydrogen) atoms. The molecule has 1 atom stereocenters. The number of benzene rings is 1. The van der Waals surface area contributed by atoms with Crippen molar-refractivity contribution in [2.45, 2.75) is 12.8 Å². The van der Waals surface area contributed by atoms with Gasteiger partial charge in [-0.2, -0.15) is 0 Å². The summed E-state index contributed by atoms with van der Waals surface area (Å²) < 4.78 is 25.6.